The Balaban J connectivity index is 1.37. The van der Waals surface area contributed by atoms with Crippen LogP contribution in [0.4, 0.5) is 5.69 Å². The summed E-state index contributed by atoms with van der Waals surface area (Å²) in [6.45, 7) is 4.07. The van der Waals surface area contributed by atoms with Gasteiger partial charge in [0.15, 0.2) is 23.3 Å². The predicted octanol–water partition coefficient (Wildman–Crippen LogP) is 6.87. The van der Waals surface area contributed by atoms with Gasteiger partial charge in [0.05, 0.1) is 30.5 Å². The summed E-state index contributed by atoms with van der Waals surface area (Å²) in [4.78, 5) is 28.0. The van der Waals surface area contributed by atoms with Crippen molar-refractivity contribution < 1.29 is 28.6 Å². The number of carbonyl (C=O) groups is 2. The lowest BCUT2D eigenvalue weighted by Gasteiger charge is -2.13. The SMILES string of the molecule is CCOc1cc(/C=N\N=C2\S/C(=C\c3cc(Cl)ccc3OCC(=O)Nc3ccc(C)cc3)C(=O)N2Cc2ccco2)ccc1O. The van der Waals surface area contributed by atoms with Crippen molar-refractivity contribution >= 4 is 58.3 Å². The number of amidine groups is 1. The van der Waals surface area contributed by atoms with Crippen molar-refractivity contribution in [2.24, 2.45) is 10.2 Å². The molecular weight excluding hydrogens is 616 g/mol. The lowest BCUT2D eigenvalue weighted by molar-refractivity contribution is -0.122. The first-order chi connectivity index (χ1) is 21.8. The molecule has 230 valence electrons. The number of benzene rings is 3. The smallest absolute Gasteiger partial charge is 0.267 e. The number of nitrogens with one attached hydrogen (secondary N) is 1. The van der Waals surface area contributed by atoms with Crippen molar-refractivity contribution in [1.82, 2.24) is 4.90 Å². The van der Waals surface area contributed by atoms with Crippen LogP contribution in [0.3, 0.4) is 0 Å². The van der Waals surface area contributed by atoms with E-state index in [0.29, 0.717) is 55.8 Å². The lowest BCUT2D eigenvalue weighted by atomic mass is 10.2. The summed E-state index contributed by atoms with van der Waals surface area (Å²) in [6, 6.07) is 20.7. The molecule has 1 fully saturated rings. The molecule has 0 bridgehead atoms. The Morgan fingerprint density at radius 3 is 2.67 bits per heavy atom. The van der Waals surface area contributed by atoms with Crippen LogP contribution in [0.1, 0.15) is 29.4 Å². The molecule has 2 amide bonds. The highest BCUT2D eigenvalue weighted by Crippen LogP contribution is 2.36. The minimum absolute atomic E-state index is 0.0212. The number of halogens is 1. The Morgan fingerprint density at radius 2 is 1.91 bits per heavy atom. The first kappa shape index (κ1) is 31.4. The predicted molar refractivity (Wildman–Crippen MR) is 176 cm³/mol. The molecule has 1 aliphatic heterocycles. The quantitative estimate of drug-likeness (QED) is 0.104. The summed E-state index contributed by atoms with van der Waals surface area (Å²) in [5, 5.41) is 22.0. The Labute approximate surface area is 269 Å². The number of amides is 2. The van der Waals surface area contributed by atoms with Crippen molar-refractivity contribution in [1.29, 1.82) is 0 Å². The van der Waals surface area contributed by atoms with Crippen molar-refractivity contribution in [3.05, 3.63) is 111 Å². The number of carbonyl (C=O) groups excluding carboxylic acids is 2. The molecule has 1 saturated heterocycles. The van der Waals surface area contributed by atoms with E-state index in [2.05, 4.69) is 15.5 Å². The first-order valence-corrected chi connectivity index (χ1v) is 15.1. The number of hydrogen-bond acceptors (Lipinski definition) is 9. The zero-order chi connectivity index (χ0) is 31.8. The van der Waals surface area contributed by atoms with Crippen LogP contribution in [0.2, 0.25) is 5.02 Å². The van der Waals surface area contributed by atoms with Gasteiger partial charge in [-0.15, -0.1) is 5.10 Å². The van der Waals surface area contributed by atoms with Gasteiger partial charge < -0.3 is 24.3 Å². The van der Waals surface area contributed by atoms with Crippen LogP contribution in [0.15, 0.2) is 98.6 Å². The van der Waals surface area contributed by atoms with Crippen LogP contribution in [0, 0.1) is 6.92 Å². The van der Waals surface area contributed by atoms with Gasteiger partial charge in [-0.1, -0.05) is 29.3 Å². The maximum atomic E-state index is 13.6. The Hall–Kier alpha value is -5.00. The average Bonchev–Trinajstić information content (AvgIpc) is 3.64. The van der Waals surface area contributed by atoms with Crippen molar-refractivity contribution in [3.63, 3.8) is 0 Å². The number of rotatable bonds is 11. The highest BCUT2D eigenvalue weighted by molar-refractivity contribution is 8.18. The van der Waals surface area contributed by atoms with Crippen LogP contribution < -0.4 is 14.8 Å². The molecule has 0 radical (unpaired) electrons. The summed E-state index contributed by atoms with van der Waals surface area (Å²) in [7, 11) is 0. The lowest BCUT2D eigenvalue weighted by Crippen LogP contribution is -2.28. The van der Waals surface area contributed by atoms with Crippen LogP contribution in [0.25, 0.3) is 6.08 Å². The molecule has 10 nitrogen and oxygen atoms in total. The van der Waals surface area contributed by atoms with Gasteiger partial charge in [0, 0.05) is 16.3 Å². The molecule has 0 atom stereocenters. The topological polar surface area (TPSA) is 126 Å². The van der Waals surface area contributed by atoms with Crippen LogP contribution in [-0.4, -0.2) is 46.4 Å². The van der Waals surface area contributed by atoms with Crippen LogP contribution in [-0.2, 0) is 16.1 Å². The number of ether oxygens (including phenoxy) is 2. The minimum atomic E-state index is -0.336. The van der Waals surface area contributed by atoms with Gasteiger partial charge in [-0.2, -0.15) is 5.10 Å². The third-order valence-corrected chi connectivity index (χ3v) is 7.60. The maximum absolute atomic E-state index is 13.6. The largest absolute Gasteiger partial charge is 0.504 e. The number of anilines is 1. The number of nitrogens with zero attached hydrogens (tertiary/aromatic N) is 3. The van der Waals surface area contributed by atoms with E-state index in [1.165, 1.54) is 23.4 Å². The van der Waals surface area contributed by atoms with Gasteiger partial charge in [0.2, 0.25) is 0 Å². The summed E-state index contributed by atoms with van der Waals surface area (Å²) >= 11 is 7.42. The van der Waals surface area contributed by atoms with E-state index in [-0.39, 0.29) is 30.7 Å². The molecular formula is C33H29ClN4O6S. The van der Waals surface area contributed by atoms with E-state index in [9.17, 15) is 14.7 Å². The molecule has 12 heteroatoms. The van der Waals surface area contributed by atoms with Crippen molar-refractivity contribution in [3.8, 4) is 17.2 Å². The van der Waals surface area contributed by atoms with E-state index in [1.807, 2.05) is 38.1 Å². The molecule has 1 aliphatic rings. The highest BCUT2D eigenvalue weighted by atomic mass is 35.5. The first-order valence-electron chi connectivity index (χ1n) is 13.9. The van der Waals surface area contributed by atoms with Crippen LogP contribution >= 0.6 is 23.4 Å². The van der Waals surface area contributed by atoms with Crippen molar-refractivity contribution in [2.75, 3.05) is 18.5 Å². The maximum Gasteiger partial charge on any atom is 0.267 e. The van der Waals surface area contributed by atoms with Gasteiger partial charge in [0.25, 0.3) is 11.8 Å². The fraction of sp³-hybridized carbons (Fsp3) is 0.152. The molecule has 1 aromatic heterocycles. The Bertz CT molecular complexity index is 1770. The van der Waals surface area contributed by atoms with Gasteiger partial charge in [-0.3, -0.25) is 14.5 Å². The van der Waals surface area contributed by atoms with E-state index < -0.39 is 0 Å². The van der Waals surface area contributed by atoms with Crippen LogP contribution in [0.5, 0.6) is 17.2 Å². The van der Waals surface area contributed by atoms with E-state index >= 15 is 0 Å². The van der Waals surface area contributed by atoms with Gasteiger partial charge in [-0.05, 0) is 97.9 Å². The molecule has 4 aromatic rings. The normalized spacial score (nSPS) is 14.9. The van der Waals surface area contributed by atoms with Crippen molar-refractivity contribution in [2.45, 2.75) is 20.4 Å². The second-order valence-corrected chi connectivity index (χ2v) is 11.2. The number of aromatic hydroxyl groups is 1. The summed E-state index contributed by atoms with van der Waals surface area (Å²) in [6.07, 6.45) is 4.67. The Kier molecular flexibility index (Phi) is 10.2. The fourth-order valence-electron chi connectivity index (χ4n) is 4.19. The minimum Gasteiger partial charge on any atom is -0.504 e. The fourth-order valence-corrected chi connectivity index (χ4v) is 5.30. The molecule has 0 unspecified atom stereocenters. The third-order valence-electron chi connectivity index (χ3n) is 6.37. The second kappa shape index (κ2) is 14.7. The standard InChI is InChI=1S/C33H29ClN4O6S/c1-3-42-29-15-22(8-12-27(29)39)18-35-37-33-38(19-26-5-4-14-43-26)32(41)30(45-33)17-23-16-24(34)9-13-28(23)44-20-31(40)36-25-10-6-21(2)7-11-25/h4-18,39H,3,19-20H2,1-2H3,(H,36,40)/b30-17-,35-18-,37-33+. The molecule has 0 saturated carbocycles. The van der Waals surface area contributed by atoms with Gasteiger partial charge >= 0.3 is 0 Å². The zero-order valence-electron chi connectivity index (χ0n) is 24.4. The third kappa shape index (κ3) is 8.34. The summed E-state index contributed by atoms with van der Waals surface area (Å²) in [5.41, 5.74) is 2.90. The number of hydrogen-bond donors (Lipinski definition) is 2. The van der Waals surface area contributed by atoms with E-state index in [0.717, 1.165) is 17.3 Å². The number of furan rings is 1. The summed E-state index contributed by atoms with van der Waals surface area (Å²) < 4.78 is 16.7. The highest BCUT2D eigenvalue weighted by Gasteiger charge is 2.34. The molecule has 2 heterocycles. The number of phenolic OH excluding ortho intramolecular Hbond substituents is 1. The monoisotopic (exact) mass is 644 g/mol. The average molecular weight is 645 g/mol. The number of thioether (sulfide) groups is 1. The molecule has 45 heavy (non-hydrogen) atoms. The van der Waals surface area contributed by atoms with Gasteiger partial charge in [0.1, 0.15) is 11.5 Å². The molecule has 0 spiro atoms. The Morgan fingerprint density at radius 1 is 1.09 bits per heavy atom. The molecule has 5 rings (SSSR count). The van der Waals surface area contributed by atoms with Gasteiger partial charge in [-0.25, -0.2) is 0 Å². The number of phenols is 1. The molecule has 0 aliphatic carbocycles. The number of aryl methyl sites for hydroxylation is 1. The zero-order valence-corrected chi connectivity index (χ0v) is 26.0. The molecule has 2 N–H and O–H groups in total. The second-order valence-electron chi connectivity index (χ2n) is 9.75. The van der Waals surface area contributed by atoms with E-state index in [1.54, 1.807) is 48.5 Å². The molecule has 3 aromatic carbocycles. The van der Waals surface area contributed by atoms with E-state index in [4.69, 9.17) is 25.5 Å². The summed E-state index contributed by atoms with van der Waals surface area (Å²) in [5.74, 6) is 0.629.